The SMILES string of the molecule is N#CCNC(=O)Cn1cc2c(c1)C(=O)CCC2. The molecule has 1 N–H and O–H groups in total. The van der Waals surface area contributed by atoms with E-state index in [9.17, 15) is 9.59 Å². The molecule has 1 aromatic rings. The van der Waals surface area contributed by atoms with Crippen LogP contribution in [-0.2, 0) is 17.8 Å². The lowest BCUT2D eigenvalue weighted by Crippen LogP contribution is -2.27. The minimum atomic E-state index is -0.216. The van der Waals surface area contributed by atoms with Gasteiger partial charge in [-0.25, -0.2) is 0 Å². The van der Waals surface area contributed by atoms with Crippen molar-refractivity contribution in [2.75, 3.05) is 6.54 Å². The van der Waals surface area contributed by atoms with Gasteiger partial charge in [-0.05, 0) is 18.4 Å². The number of nitriles is 1. The van der Waals surface area contributed by atoms with E-state index in [2.05, 4.69) is 5.32 Å². The second-order valence-electron chi connectivity index (χ2n) is 4.08. The van der Waals surface area contributed by atoms with Gasteiger partial charge >= 0.3 is 0 Å². The summed E-state index contributed by atoms with van der Waals surface area (Å²) in [5.74, 6) is -0.0613. The predicted octanol–water partition coefficient (Wildman–Crippen LogP) is 0.647. The molecule has 17 heavy (non-hydrogen) atoms. The lowest BCUT2D eigenvalue weighted by Gasteiger charge is -2.07. The molecule has 0 atom stereocenters. The molecule has 0 fully saturated rings. The number of aryl methyl sites for hydroxylation is 1. The number of Topliss-reactive ketones (excluding diaryl/α,β-unsaturated/α-hetero) is 1. The van der Waals surface area contributed by atoms with Crippen molar-refractivity contribution in [3.8, 4) is 6.07 Å². The number of nitrogens with zero attached hydrogens (tertiary/aromatic N) is 2. The van der Waals surface area contributed by atoms with Gasteiger partial charge in [-0.1, -0.05) is 0 Å². The van der Waals surface area contributed by atoms with E-state index in [-0.39, 0.29) is 24.8 Å². The van der Waals surface area contributed by atoms with Crippen molar-refractivity contribution in [2.45, 2.75) is 25.8 Å². The molecular weight excluding hydrogens is 218 g/mol. The standard InChI is InChI=1S/C12H13N3O2/c13-4-5-14-12(17)8-15-6-9-2-1-3-11(16)10(9)7-15/h6-7H,1-3,5,8H2,(H,14,17). The molecule has 5 nitrogen and oxygen atoms in total. The number of aromatic nitrogens is 1. The average molecular weight is 231 g/mol. The topological polar surface area (TPSA) is 74.9 Å². The maximum Gasteiger partial charge on any atom is 0.240 e. The zero-order chi connectivity index (χ0) is 12.3. The smallest absolute Gasteiger partial charge is 0.240 e. The Morgan fingerprint density at radius 3 is 3.00 bits per heavy atom. The third kappa shape index (κ3) is 2.53. The number of fused-ring (bicyclic) bond motifs is 1. The predicted molar refractivity (Wildman–Crippen MR) is 60.3 cm³/mol. The van der Waals surface area contributed by atoms with Crippen molar-refractivity contribution in [3.63, 3.8) is 0 Å². The summed E-state index contributed by atoms with van der Waals surface area (Å²) in [5.41, 5.74) is 1.76. The molecule has 0 saturated carbocycles. The van der Waals surface area contributed by atoms with Crippen LogP contribution in [0.25, 0.3) is 0 Å². The summed E-state index contributed by atoms with van der Waals surface area (Å²) in [7, 11) is 0. The first-order chi connectivity index (χ1) is 8.20. The van der Waals surface area contributed by atoms with Crippen molar-refractivity contribution >= 4 is 11.7 Å². The highest BCUT2D eigenvalue weighted by Crippen LogP contribution is 2.21. The molecule has 5 heteroatoms. The van der Waals surface area contributed by atoms with Crippen molar-refractivity contribution in [2.24, 2.45) is 0 Å². The lowest BCUT2D eigenvalue weighted by molar-refractivity contribution is -0.121. The molecule has 0 aliphatic heterocycles. The summed E-state index contributed by atoms with van der Waals surface area (Å²) in [6, 6.07) is 1.85. The Balaban J connectivity index is 2.06. The van der Waals surface area contributed by atoms with Gasteiger partial charge < -0.3 is 9.88 Å². The van der Waals surface area contributed by atoms with E-state index >= 15 is 0 Å². The lowest BCUT2D eigenvalue weighted by atomic mass is 9.95. The second-order valence-corrected chi connectivity index (χ2v) is 4.08. The number of carbonyl (C=O) groups is 2. The number of nitrogens with one attached hydrogen (secondary N) is 1. The fourth-order valence-corrected chi connectivity index (χ4v) is 2.03. The van der Waals surface area contributed by atoms with E-state index in [4.69, 9.17) is 5.26 Å². The molecule has 0 saturated heterocycles. The van der Waals surface area contributed by atoms with Gasteiger partial charge in [-0.2, -0.15) is 5.26 Å². The summed E-state index contributed by atoms with van der Waals surface area (Å²) < 4.78 is 1.71. The third-order valence-corrected chi connectivity index (χ3v) is 2.80. The van der Waals surface area contributed by atoms with E-state index < -0.39 is 0 Å². The molecule has 2 rings (SSSR count). The number of rotatable bonds is 3. The quantitative estimate of drug-likeness (QED) is 0.776. The summed E-state index contributed by atoms with van der Waals surface area (Å²) in [6.07, 6.45) is 5.95. The first-order valence-electron chi connectivity index (χ1n) is 5.56. The zero-order valence-electron chi connectivity index (χ0n) is 9.40. The molecule has 0 bridgehead atoms. The maximum atomic E-state index is 11.6. The number of hydrogen-bond acceptors (Lipinski definition) is 3. The monoisotopic (exact) mass is 231 g/mol. The van der Waals surface area contributed by atoms with E-state index in [1.807, 2.05) is 12.3 Å². The number of carbonyl (C=O) groups excluding carboxylic acids is 2. The first kappa shape index (κ1) is 11.4. The van der Waals surface area contributed by atoms with E-state index in [0.717, 1.165) is 24.0 Å². The van der Waals surface area contributed by atoms with Gasteiger partial charge in [-0.15, -0.1) is 0 Å². The minimum Gasteiger partial charge on any atom is -0.344 e. The van der Waals surface area contributed by atoms with Crippen LogP contribution < -0.4 is 5.32 Å². The van der Waals surface area contributed by atoms with Gasteiger partial charge in [0.25, 0.3) is 0 Å². The second kappa shape index (κ2) is 4.83. The molecule has 1 heterocycles. The molecule has 0 unspecified atom stereocenters. The van der Waals surface area contributed by atoms with Crippen LogP contribution in [-0.4, -0.2) is 22.8 Å². The molecule has 0 aromatic carbocycles. The third-order valence-electron chi connectivity index (χ3n) is 2.80. The number of hydrogen-bond donors (Lipinski definition) is 1. The Bertz CT molecular complexity index is 496. The van der Waals surface area contributed by atoms with Crippen molar-refractivity contribution in [1.29, 1.82) is 5.26 Å². The molecular formula is C12H13N3O2. The Morgan fingerprint density at radius 1 is 1.47 bits per heavy atom. The van der Waals surface area contributed by atoms with Gasteiger partial charge in [0.1, 0.15) is 13.1 Å². The average Bonchev–Trinajstić information content (AvgIpc) is 2.70. The van der Waals surface area contributed by atoms with Crippen LogP contribution in [0.4, 0.5) is 0 Å². The van der Waals surface area contributed by atoms with Gasteiger partial charge in [0.2, 0.25) is 5.91 Å². The molecule has 0 radical (unpaired) electrons. The summed E-state index contributed by atoms with van der Waals surface area (Å²) >= 11 is 0. The molecule has 1 aliphatic carbocycles. The maximum absolute atomic E-state index is 11.6. The van der Waals surface area contributed by atoms with Gasteiger partial charge in [0.15, 0.2) is 5.78 Å². The van der Waals surface area contributed by atoms with E-state index in [0.29, 0.717) is 6.42 Å². The summed E-state index contributed by atoms with van der Waals surface area (Å²) in [4.78, 5) is 23.0. The van der Waals surface area contributed by atoms with Crippen LogP contribution in [0, 0.1) is 11.3 Å². The summed E-state index contributed by atoms with van der Waals surface area (Å²) in [5, 5.41) is 10.8. The largest absolute Gasteiger partial charge is 0.344 e. The molecule has 1 aliphatic rings. The molecule has 88 valence electrons. The number of ketones is 1. The zero-order valence-corrected chi connectivity index (χ0v) is 9.40. The van der Waals surface area contributed by atoms with Gasteiger partial charge in [0, 0.05) is 24.4 Å². The fourth-order valence-electron chi connectivity index (χ4n) is 2.03. The normalized spacial score (nSPS) is 13.9. The molecule has 0 spiro atoms. The van der Waals surface area contributed by atoms with Crippen LogP contribution >= 0.6 is 0 Å². The fraction of sp³-hybridized carbons (Fsp3) is 0.417. The highest BCUT2D eigenvalue weighted by atomic mass is 16.2. The molecule has 1 aromatic heterocycles. The summed E-state index contributed by atoms with van der Waals surface area (Å²) in [6.45, 7) is 0.167. The van der Waals surface area contributed by atoms with E-state index in [1.54, 1.807) is 10.8 Å². The Labute approximate surface area is 99.0 Å². The van der Waals surface area contributed by atoms with Crippen molar-refractivity contribution in [1.82, 2.24) is 9.88 Å². The van der Waals surface area contributed by atoms with Gasteiger partial charge in [0.05, 0.1) is 6.07 Å². The number of amides is 1. The van der Waals surface area contributed by atoms with Crippen LogP contribution in [0.5, 0.6) is 0 Å². The van der Waals surface area contributed by atoms with Gasteiger partial charge in [-0.3, -0.25) is 9.59 Å². The molecule has 1 amide bonds. The van der Waals surface area contributed by atoms with Crippen molar-refractivity contribution in [3.05, 3.63) is 23.5 Å². The highest BCUT2D eigenvalue weighted by Gasteiger charge is 2.19. The Hall–Kier alpha value is -2.09. The van der Waals surface area contributed by atoms with Crippen molar-refractivity contribution < 1.29 is 9.59 Å². The Morgan fingerprint density at radius 2 is 2.29 bits per heavy atom. The van der Waals surface area contributed by atoms with Crippen LogP contribution in [0.2, 0.25) is 0 Å². The van der Waals surface area contributed by atoms with Crippen LogP contribution in [0.1, 0.15) is 28.8 Å². The first-order valence-corrected chi connectivity index (χ1v) is 5.56. The highest BCUT2D eigenvalue weighted by molar-refractivity contribution is 5.98. The van der Waals surface area contributed by atoms with Crippen LogP contribution in [0.15, 0.2) is 12.4 Å². The van der Waals surface area contributed by atoms with Crippen LogP contribution in [0.3, 0.4) is 0 Å². The van der Waals surface area contributed by atoms with E-state index in [1.165, 1.54) is 0 Å². The Kier molecular flexibility index (Phi) is 3.24. The minimum absolute atomic E-state index is 0.0126.